The predicted molar refractivity (Wildman–Crippen MR) is 116 cm³/mol. The van der Waals surface area contributed by atoms with Crippen molar-refractivity contribution in [1.82, 2.24) is 14.9 Å². The molecule has 0 atom stereocenters. The number of likely N-dealkylation sites (N-methyl/N-ethyl adjacent to an activating group) is 1. The first-order chi connectivity index (χ1) is 14.1. The van der Waals surface area contributed by atoms with Crippen LogP contribution in [0.3, 0.4) is 0 Å². The van der Waals surface area contributed by atoms with Gasteiger partial charge in [0.2, 0.25) is 11.8 Å². The molecule has 0 aliphatic carbocycles. The summed E-state index contributed by atoms with van der Waals surface area (Å²) in [4.78, 5) is 31.1. The lowest BCUT2D eigenvalue weighted by Crippen LogP contribution is -2.34. The number of rotatable bonds is 9. The molecule has 6 heteroatoms. The topological polar surface area (TPSA) is 67.2 Å². The molecule has 2 aromatic carbocycles. The van der Waals surface area contributed by atoms with Crippen LogP contribution in [0, 0.1) is 0 Å². The summed E-state index contributed by atoms with van der Waals surface area (Å²) in [5.74, 6) is 0.951. The Kier molecular flexibility index (Phi) is 7.00. The van der Waals surface area contributed by atoms with Crippen LogP contribution in [-0.4, -0.2) is 34.5 Å². The normalized spacial score (nSPS) is 10.8. The Morgan fingerprint density at radius 2 is 1.76 bits per heavy atom. The summed E-state index contributed by atoms with van der Waals surface area (Å²) in [6.07, 6.45) is 1.96. The van der Waals surface area contributed by atoms with Crippen molar-refractivity contribution in [2.45, 2.75) is 39.7 Å². The van der Waals surface area contributed by atoms with E-state index in [0.29, 0.717) is 25.9 Å². The van der Waals surface area contributed by atoms with Crippen LogP contribution in [0.5, 0.6) is 0 Å². The molecule has 0 radical (unpaired) electrons. The van der Waals surface area contributed by atoms with Gasteiger partial charge in [-0.15, -0.1) is 0 Å². The lowest BCUT2D eigenvalue weighted by Gasteiger charge is -2.22. The number of imidazole rings is 1. The first-order valence-corrected chi connectivity index (χ1v) is 10.2. The zero-order chi connectivity index (χ0) is 20.6. The molecule has 152 valence electrons. The minimum atomic E-state index is 0.0300. The maximum Gasteiger partial charge on any atom is 0.246 e. The van der Waals surface area contributed by atoms with E-state index in [1.54, 1.807) is 4.90 Å². The molecule has 0 fully saturated rings. The molecule has 0 saturated heterocycles. The van der Waals surface area contributed by atoms with Crippen molar-refractivity contribution in [3.63, 3.8) is 0 Å². The van der Waals surface area contributed by atoms with Crippen LogP contribution in [0.2, 0.25) is 0 Å². The predicted octanol–water partition coefficient (Wildman–Crippen LogP) is 3.55. The number of fused-ring (bicyclic) bond motifs is 1. The van der Waals surface area contributed by atoms with E-state index < -0.39 is 0 Å². The van der Waals surface area contributed by atoms with Gasteiger partial charge >= 0.3 is 0 Å². The molecule has 2 amide bonds. The van der Waals surface area contributed by atoms with E-state index in [1.807, 2.05) is 73.0 Å². The van der Waals surface area contributed by atoms with Gasteiger partial charge in [0, 0.05) is 31.6 Å². The number of para-hydroxylation sites is 3. The highest BCUT2D eigenvalue weighted by molar-refractivity contribution is 5.94. The first kappa shape index (κ1) is 20.6. The molecular formula is C23H28N4O2. The van der Waals surface area contributed by atoms with Crippen LogP contribution in [0.1, 0.15) is 32.5 Å². The summed E-state index contributed by atoms with van der Waals surface area (Å²) in [6, 6.07) is 17.6. The summed E-state index contributed by atoms with van der Waals surface area (Å²) in [6.45, 7) is 5.27. The average Bonchev–Trinajstić information content (AvgIpc) is 3.09. The molecule has 0 bridgehead atoms. The van der Waals surface area contributed by atoms with Gasteiger partial charge in [0.05, 0.1) is 11.0 Å². The van der Waals surface area contributed by atoms with E-state index in [1.165, 1.54) is 0 Å². The smallest absolute Gasteiger partial charge is 0.246 e. The summed E-state index contributed by atoms with van der Waals surface area (Å²) >= 11 is 0. The van der Waals surface area contributed by atoms with Gasteiger partial charge in [-0.2, -0.15) is 0 Å². The number of benzene rings is 2. The highest BCUT2D eigenvalue weighted by atomic mass is 16.2. The molecule has 0 aliphatic rings. The number of amides is 2. The molecule has 29 heavy (non-hydrogen) atoms. The summed E-state index contributed by atoms with van der Waals surface area (Å²) in [5.41, 5.74) is 2.74. The van der Waals surface area contributed by atoms with Crippen LogP contribution in [0.4, 0.5) is 5.69 Å². The highest BCUT2D eigenvalue weighted by Crippen LogP contribution is 2.19. The van der Waals surface area contributed by atoms with Gasteiger partial charge in [0.15, 0.2) is 0 Å². The number of hydrogen-bond donors (Lipinski definition) is 1. The Labute approximate surface area is 171 Å². The monoisotopic (exact) mass is 392 g/mol. The maximum atomic E-state index is 13.1. The van der Waals surface area contributed by atoms with E-state index in [-0.39, 0.29) is 18.4 Å². The fraction of sp³-hybridized carbons (Fsp3) is 0.348. The van der Waals surface area contributed by atoms with Crippen molar-refractivity contribution in [3.05, 3.63) is 60.4 Å². The second-order valence-corrected chi connectivity index (χ2v) is 6.88. The quantitative estimate of drug-likeness (QED) is 0.566. The van der Waals surface area contributed by atoms with Crippen molar-refractivity contribution < 1.29 is 9.59 Å². The van der Waals surface area contributed by atoms with Gasteiger partial charge < -0.3 is 14.8 Å². The van der Waals surface area contributed by atoms with Gasteiger partial charge in [-0.3, -0.25) is 9.59 Å². The largest absolute Gasteiger partial charge is 0.356 e. The number of nitrogens with zero attached hydrogens (tertiary/aromatic N) is 3. The van der Waals surface area contributed by atoms with Crippen LogP contribution < -0.4 is 10.2 Å². The summed E-state index contributed by atoms with van der Waals surface area (Å²) in [7, 11) is 0. The van der Waals surface area contributed by atoms with E-state index in [2.05, 4.69) is 5.32 Å². The van der Waals surface area contributed by atoms with Crippen LogP contribution >= 0.6 is 0 Å². The number of hydrogen-bond acceptors (Lipinski definition) is 3. The fourth-order valence-corrected chi connectivity index (χ4v) is 3.42. The standard InChI is InChI=1S/C23H28N4O2/c1-3-22(28)24-16-10-15-21-25-19-13-8-9-14-20(19)27(21)17-23(29)26(4-2)18-11-6-5-7-12-18/h5-9,11-14H,3-4,10,15-17H2,1-2H3,(H,24,28). The zero-order valence-corrected chi connectivity index (χ0v) is 17.1. The third-order valence-electron chi connectivity index (χ3n) is 4.93. The fourth-order valence-electron chi connectivity index (χ4n) is 3.42. The van der Waals surface area contributed by atoms with Gasteiger partial charge in [-0.25, -0.2) is 4.98 Å². The third-order valence-corrected chi connectivity index (χ3v) is 4.93. The first-order valence-electron chi connectivity index (χ1n) is 10.2. The minimum absolute atomic E-state index is 0.0300. The number of aromatic nitrogens is 2. The highest BCUT2D eigenvalue weighted by Gasteiger charge is 2.18. The van der Waals surface area contributed by atoms with Gasteiger partial charge in [-0.05, 0) is 37.6 Å². The molecule has 3 rings (SSSR count). The second-order valence-electron chi connectivity index (χ2n) is 6.88. The van der Waals surface area contributed by atoms with Gasteiger partial charge in [0.1, 0.15) is 12.4 Å². The van der Waals surface area contributed by atoms with E-state index in [9.17, 15) is 9.59 Å². The molecule has 0 unspecified atom stereocenters. The van der Waals surface area contributed by atoms with Gasteiger partial charge in [-0.1, -0.05) is 37.3 Å². The van der Waals surface area contributed by atoms with E-state index in [4.69, 9.17) is 4.98 Å². The minimum Gasteiger partial charge on any atom is -0.356 e. The molecule has 0 spiro atoms. The van der Waals surface area contributed by atoms with E-state index >= 15 is 0 Å². The summed E-state index contributed by atoms with van der Waals surface area (Å²) in [5, 5.41) is 2.89. The van der Waals surface area contributed by atoms with Crippen LogP contribution in [0.15, 0.2) is 54.6 Å². The number of nitrogens with one attached hydrogen (secondary N) is 1. The lowest BCUT2D eigenvalue weighted by atomic mass is 10.2. The molecular weight excluding hydrogens is 364 g/mol. The molecule has 1 aromatic heterocycles. The summed E-state index contributed by atoms with van der Waals surface area (Å²) < 4.78 is 2.00. The number of carbonyl (C=O) groups is 2. The number of anilines is 1. The average molecular weight is 393 g/mol. The zero-order valence-electron chi connectivity index (χ0n) is 17.1. The van der Waals surface area contributed by atoms with Crippen LogP contribution in [0.25, 0.3) is 11.0 Å². The van der Waals surface area contributed by atoms with Crippen molar-refractivity contribution in [1.29, 1.82) is 0 Å². The Morgan fingerprint density at radius 3 is 2.48 bits per heavy atom. The Morgan fingerprint density at radius 1 is 1.03 bits per heavy atom. The lowest BCUT2D eigenvalue weighted by molar-refractivity contribution is -0.121. The molecule has 1 heterocycles. The molecule has 3 aromatic rings. The van der Waals surface area contributed by atoms with Crippen molar-refractivity contribution in [2.24, 2.45) is 0 Å². The van der Waals surface area contributed by atoms with Crippen molar-refractivity contribution >= 4 is 28.5 Å². The van der Waals surface area contributed by atoms with Crippen molar-refractivity contribution in [2.75, 3.05) is 18.0 Å². The maximum absolute atomic E-state index is 13.1. The second kappa shape index (κ2) is 9.87. The van der Waals surface area contributed by atoms with Gasteiger partial charge in [0.25, 0.3) is 0 Å². The molecule has 6 nitrogen and oxygen atoms in total. The molecule has 0 saturated carbocycles. The van der Waals surface area contributed by atoms with E-state index in [0.717, 1.165) is 29.0 Å². The Hall–Kier alpha value is -3.15. The third kappa shape index (κ3) is 5.02. The Bertz CT molecular complexity index is 965. The van der Waals surface area contributed by atoms with Crippen LogP contribution in [-0.2, 0) is 22.6 Å². The number of carbonyl (C=O) groups excluding carboxylic acids is 2. The SMILES string of the molecule is CCC(=O)NCCCc1nc2ccccc2n1CC(=O)N(CC)c1ccccc1. The number of aryl methyl sites for hydroxylation is 1. The van der Waals surface area contributed by atoms with Crippen molar-refractivity contribution in [3.8, 4) is 0 Å². The molecule has 0 aliphatic heterocycles. The Balaban J connectivity index is 1.79. The molecule has 1 N–H and O–H groups in total.